The Balaban J connectivity index is 1.09. The van der Waals surface area contributed by atoms with Crippen molar-refractivity contribution in [2.24, 2.45) is 0 Å². The lowest BCUT2D eigenvalue weighted by Gasteiger charge is -2.12. The van der Waals surface area contributed by atoms with Gasteiger partial charge in [-0.3, -0.25) is 4.79 Å². The lowest BCUT2D eigenvalue weighted by Crippen LogP contribution is -2.29. The van der Waals surface area contributed by atoms with Crippen LogP contribution in [0.4, 0.5) is 0 Å². The number of imidazole rings is 1. The van der Waals surface area contributed by atoms with Crippen molar-refractivity contribution in [3.05, 3.63) is 102 Å². The second kappa shape index (κ2) is 13.2. The number of unbranched alkanes of at least 4 members (excludes halogenated alkanes) is 2. The number of rotatable bonds is 13. The zero-order valence-corrected chi connectivity index (χ0v) is 23.4. The number of nitrogens with one attached hydrogen (secondary N) is 1. The molecule has 1 N–H and O–H groups in total. The molecule has 0 aliphatic rings. The van der Waals surface area contributed by atoms with E-state index < -0.39 is 0 Å². The maximum Gasteiger partial charge on any atom is 0.257 e. The van der Waals surface area contributed by atoms with Gasteiger partial charge < -0.3 is 19.4 Å². The number of hydrogen-bond donors (Lipinski definition) is 1. The van der Waals surface area contributed by atoms with Gasteiger partial charge in [0.15, 0.2) is 6.61 Å². The highest BCUT2D eigenvalue weighted by Crippen LogP contribution is 2.25. The fourth-order valence-corrected chi connectivity index (χ4v) is 5.00. The minimum atomic E-state index is -0.0890. The number of amides is 1. The van der Waals surface area contributed by atoms with E-state index >= 15 is 0 Å². The summed E-state index contributed by atoms with van der Waals surface area (Å²) in [6.45, 7) is 5.98. The van der Waals surface area contributed by atoms with E-state index in [1.165, 1.54) is 5.39 Å². The molecule has 4 aromatic carbocycles. The van der Waals surface area contributed by atoms with E-state index in [0.29, 0.717) is 13.2 Å². The van der Waals surface area contributed by atoms with Crippen LogP contribution in [0.15, 0.2) is 84.9 Å². The molecule has 0 spiro atoms. The molecule has 0 fully saturated rings. The Labute approximate surface area is 236 Å². The first-order chi connectivity index (χ1) is 19.6. The van der Waals surface area contributed by atoms with E-state index in [-0.39, 0.29) is 12.5 Å². The largest absolute Gasteiger partial charge is 0.491 e. The highest BCUT2D eigenvalue weighted by Gasteiger charge is 2.11. The highest BCUT2D eigenvalue weighted by atomic mass is 16.5. The second-order valence-corrected chi connectivity index (χ2v) is 10.2. The van der Waals surface area contributed by atoms with Crippen molar-refractivity contribution in [1.29, 1.82) is 0 Å². The van der Waals surface area contributed by atoms with Crippen LogP contribution in [0.1, 0.15) is 36.2 Å². The third-order valence-corrected chi connectivity index (χ3v) is 7.16. The number of ether oxygens (including phenoxy) is 2. The van der Waals surface area contributed by atoms with Gasteiger partial charge in [-0.05, 0) is 67.5 Å². The molecule has 1 aromatic heterocycles. The molecule has 0 aliphatic heterocycles. The lowest BCUT2D eigenvalue weighted by atomic mass is 10.1. The zero-order chi connectivity index (χ0) is 27.7. The molecule has 6 heteroatoms. The number of aromatic nitrogens is 2. The monoisotopic (exact) mass is 535 g/mol. The van der Waals surface area contributed by atoms with Crippen molar-refractivity contribution in [3.8, 4) is 11.5 Å². The molecule has 0 bridgehead atoms. The average Bonchev–Trinajstić information content (AvgIpc) is 3.32. The van der Waals surface area contributed by atoms with E-state index in [0.717, 1.165) is 77.1 Å². The predicted octanol–water partition coefficient (Wildman–Crippen LogP) is 6.79. The first-order valence-electron chi connectivity index (χ1n) is 14.1. The number of carbonyl (C=O) groups excluding carboxylic acids is 1. The topological polar surface area (TPSA) is 65.4 Å². The second-order valence-electron chi connectivity index (χ2n) is 10.2. The molecular formula is C34H37N3O3. The van der Waals surface area contributed by atoms with Crippen LogP contribution in [0, 0.1) is 13.8 Å². The maximum atomic E-state index is 12.2. The van der Waals surface area contributed by atoms with Gasteiger partial charge in [0.25, 0.3) is 5.91 Å². The van der Waals surface area contributed by atoms with Crippen LogP contribution >= 0.6 is 0 Å². The van der Waals surface area contributed by atoms with E-state index in [4.69, 9.17) is 14.5 Å². The zero-order valence-electron chi connectivity index (χ0n) is 23.4. The molecule has 0 saturated carbocycles. The molecule has 0 aliphatic carbocycles. The SMILES string of the molecule is Cc1ccc(C)c(OCC(=O)NCCCCCc2nc3ccccc3n2CCOc2cccc3ccccc23)c1. The summed E-state index contributed by atoms with van der Waals surface area (Å²) < 4.78 is 14.2. The minimum absolute atomic E-state index is 0.0369. The quantitative estimate of drug-likeness (QED) is 0.169. The summed E-state index contributed by atoms with van der Waals surface area (Å²) in [5, 5.41) is 5.28. The van der Waals surface area contributed by atoms with Crippen LogP contribution < -0.4 is 14.8 Å². The summed E-state index contributed by atoms with van der Waals surface area (Å²) in [6.07, 6.45) is 3.81. The smallest absolute Gasteiger partial charge is 0.257 e. The Morgan fingerprint density at radius 3 is 2.60 bits per heavy atom. The van der Waals surface area contributed by atoms with Gasteiger partial charge in [0.05, 0.1) is 17.6 Å². The fraction of sp³-hybridized carbons (Fsp3) is 0.294. The Hall–Kier alpha value is -4.32. The number of nitrogens with zero attached hydrogens (tertiary/aromatic N) is 2. The lowest BCUT2D eigenvalue weighted by molar-refractivity contribution is -0.123. The van der Waals surface area contributed by atoms with E-state index in [1.807, 2.05) is 62.4 Å². The summed E-state index contributed by atoms with van der Waals surface area (Å²) >= 11 is 0. The van der Waals surface area contributed by atoms with E-state index in [2.05, 4.69) is 46.3 Å². The number of hydrogen-bond acceptors (Lipinski definition) is 4. The first-order valence-corrected chi connectivity index (χ1v) is 14.1. The van der Waals surface area contributed by atoms with Gasteiger partial charge in [0, 0.05) is 18.4 Å². The molecule has 0 radical (unpaired) electrons. The third kappa shape index (κ3) is 6.81. The van der Waals surface area contributed by atoms with Crippen LogP contribution in [0.2, 0.25) is 0 Å². The molecule has 0 unspecified atom stereocenters. The van der Waals surface area contributed by atoms with Gasteiger partial charge in [-0.1, -0.05) is 67.1 Å². The van der Waals surface area contributed by atoms with Crippen LogP contribution in [0.5, 0.6) is 11.5 Å². The van der Waals surface area contributed by atoms with Crippen LogP contribution in [0.25, 0.3) is 21.8 Å². The van der Waals surface area contributed by atoms with Crippen LogP contribution in [-0.4, -0.2) is 35.2 Å². The van der Waals surface area contributed by atoms with Gasteiger partial charge in [-0.2, -0.15) is 0 Å². The molecular weight excluding hydrogens is 498 g/mol. The van der Waals surface area contributed by atoms with Gasteiger partial charge in [-0.15, -0.1) is 0 Å². The number of aryl methyl sites for hydroxylation is 3. The van der Waals surface area contributed by atoms with Crippen molar-refractivity contribution < 1.29 is 14.3 Å². The number of benzene rings is 4. The molecule has 1 amide bonds. The number of para-hydroxylation sites is 2. The predicted molar refractivity (Wildman–Crippen MR) is 161 cm³/mol. The van der Waals surface area contributed by atoms with E-state index in [1.54, 1.807) is 0 Å². The van der Waals surface area contributed by atoms with Crippen LogP contribution in [0.3, 0.4) is 0 Å². The maximum absolute atomic E-state index is 12.2. The van der Waals surface area contributed by atoms with Gasteiger partial charge >= 0.3 is 0 Å². The summed E-state index contributed by atoms with van der Waals surface area (Å²) in [6, 6.07) is 28.8. The minimum Gasteiger partial charge on any atom is -0.491 e. The number of carbonyl (C=O) groups is 1. The first kappa shape index (κ1) is 27.3. The Kier molecular flexibility index (Phi) is 8.96. The van der Waals surface area contributed by atoms with Crippen molar-refractivity contribution in [1.82, 2.24) is 14.9 Å². The van der Waals surface area contributed by atoms with Gasteiger partial charge in [0.1, 0.15) is 23.9 Å². The summed E-state index contributed by atoms with van der Waals surface area (Å²) in [5.41, 5.74) is 4.30. The van der Waals surface area contributed by atoms with Crippen molar-refractivity contribution in [2.75, 3.05) is 19.8 Å². The molecule has 5 rings (SSSR count). The van der Waals surface area contributed by atoms with E-state index in [9.17, 15) is 4.79 Å². The average molecular weight is 536 g/mol. The standard InChI is InChI=1S/C34H37N3O3/c1-25-18-19-26(2)32(23-25)40-24-34(38)35-20-9-3-4-17-33-36-29-14-7-8-15-30(29)37(33)21-22-39-31-16-10-12-27-11-5-6-13-28(27)31/h5-8,10-16,18-19,23H,3-4,9,17,20-22,24H2,1-2H3,(H,35,38). The van der Waals surface area contributed by atoms with Crippen LogP contribution in [-0.2, 0) is 17.8 Å². The molecule has 6 nitrogen and oxygen atoms in total. The van der Waals surface area contributed by atoms with Crippen molar-refractivity contribution in [3.63, 3.8) is 0 Å². The summed E-state index contributed by atoms with van der Waals surface area (Å²) in [5.74, 6) is 2.66. The van der Waals surface area contributed by atoms with Gasteiger partial charge in [-0.25, -0.2) is 4.98 Å². The Morgan fingerprint density at radius 1 is 0.850 bits per heavy atom. The molecule has 206 valence electrons. The molecule has 5 aromatic rings. The molecule has 1 heterocycles. The van der Waals surface area contributed by atoms with Gasteiger partial charge in [0.2, 0.25) is 0 Å². The highest BCUT2D eigenvalue weighted by molar-refractivity contribution is 5.88. The van der Waals surface area contributed by atoms with Crippen molar-refractivity contribution in [2.45, 2.75) is 46.1 Å². The molecule has 40 heavy (non-hydrogen) atoms. The third-order valence-electron chi connectivity index (χ3n) is 7.16. The Bertz CT molecular complexity index is 1590. The van der Waals surface area contributed by atoms with Crippen molar-refractivity contribution >= 4 is 27.7 Å². The molecule has 0 saturated heterocycles. The summed E-state index contributed by atoms with van der Waals surface area (Å²) in [4.78, 5) is 17.1. The summed E-state index contributed by atoms with van der Waals surface area (Å²) in [7, 11) is 0. The molecule has 0 atom stereocenters. The fourth-order valence-electron chi connectivity index (χ4n) is 5.00. The Morgan fingerprint density at radius 2 is 1.68 bits per heavy atom. The normalized spacial score (nSPS) is 11.2. The number of fused-ring (bicyclic) bond motifs is 2.